The molecule has 8 nitrogen and oxygen atoms in total. The van der Waals surface area contributed by atoms with Gasteiger partial charge in [0.25, 0.3) is 0 Å². The fraction of sp³-hybridized carbons (Fsp3) is 0.261. The lowest BCUT2D eigenvalue weighted by atomic mass is 10.1. The topological polar surface area (TPSA) is 85.7 Å². The fourth-order valence-corrected chi connectivity index (χ4v) is 4.38. The second-order valence-electron chi connectivity index (χ2n) is 7.73. The summed E-state index contributed by atoms with van der Waals surface area (Å²) in [6.45, 7) is 1.82. The molecule has 164 valence electrons. The van der Waals surface area contributed by atoms with Crippen LogP contribution in [0.15, 0.2) is 59.2 Å². The van der Waals surface area contributed by atoms with Gasteiger partial charge in [0.1, 0.15) is 19.0 Å². The number of halogens is 1. The molecule has 1 atom stereocenters. The molecule has 1 fully saturated rings. The molecule has 1 aromatic heterocycles. The van der Waals surface area contributed by atoms with Gasteiger partial charge in [0.2, 0.25) is 11.8 Å². The highest BCUT2D eigenvalue weighted by Crippen LogP contribution is 2.36. The molecule has 2 aliphatic heterocycles. The number of anilines is 2. The average molecular weight is 497 g/mol. The number of amides is 2. The van der Waals surface area contributed by atoms with Crippen molar-refractivity contribution >= 4 is 39.2 Å². The van der Waals surface area contributed by atoms with Gasteiger partial charge < -0.3 is 19.7 Å². The minimum Gasteiger partial charge on any atom is -0.486 e. The first-order valence-corrected chi connectivity index (χ1v) is 11.1. The Morgan fingerprint density at radius 1 is 1.12 bits per heavy atom. The van der Waals surface area contributed by atoms with Crippen molar-refractivity contribution in [2.24, 2.45) is 5.92 Å². The average Bonchev–Trinajstić information content (AvgIpc) is 3.39. The van der Waals surface area contributed by atoms with E-state index in [1.807, 2.05) is 30.3 Å². The van der Waals surface area contributed by atoms with Gasteiger partial charge in [0, 0.05) is 35.3 Å². The number of fused-ring (bicyclic) bond motifs is 1. The molecule has 0 saturated carbocycles. The van der Waals surface area contributed by atoms with E-state index in [9.17, 15) is 9.59 Å². The van der Waals surface area contributed by atoms with Crippen LogP contribution in [0.3, 0.4) is 0 Å². The first kappa shape index (κ1) is 20.6. The lowest BCUT2D eigenvalue weighted by molar-refractivity contribution is -0.122. The Morgan fingerprint density at radius 3 is 2.81 bits per heavy atom. The van der Waals surface area contributed by atoms with E-state index in [1.165, 1.54) is 0 Å². The third kappa shape index (κ3) is 4.20. The van der Waals surface area contributed by atoms with Gasteiger partial charge in [-0.1, -0.05) is 28.1 Å². The van der Waals surface area contributed by atoms with E-state index in [2.05, 4.69) is 26.3 Å². The van der Waals surface area contributed by atoms with Gasteiger partial charge in [0.15, 0.2) is 11.5 Å². The van der Waals surface area contributed by atoms with Gasteiger partial charge >= 0.3 is 0 Å². The van der Waals surface area contributed by atoms with Gasteiger partial charge in [-0.15, -0.1) is 0 Å². The van der Waals surface area contributed by atoms with Crippen molar-refractivity contribution in [3.8, 4) is 11.5 Å². The quantitative estimate of drug-likeness (QED) is 0.584. The molecule has 0 bridgehead atoms. The molecule has 1 unspecified atom stereocenters. The summed E-state index contributed by atoms with van der Waals surface area (Å²) in [5.74, 6) is 1.13. The number of carbonyl (C=O) groups is 2. The molecular formula is C23H21BrN4O4. The molecule has 2 aromatic carbocycles. The van der Waals surface area contributed by atoms with Crippen LogP contribution in [0.4, 0.5) is 11.5 Å². The third-order valence-electron chi connectivity index (χ3n) is 5.52. The van der Waals surface area contributed by atoms with Crippen LogP contribution >= 0.6 is 15.9 Å². The minimum absolute atomic E-state index is 0.0931. The smallest absolute Gasteiger partial charge is 0.230 e. The fourth-order valence-electron chi connectivity index (χ4n) is 3.93. The summed E-state index contributed by atoms with van der Waals surface area (Å²) >= 11 is 3.47. The van der Waals surface area contributed by atoms with Crippen LogP contribution in [0, 0.1) is 5.92 Å². The molecule has 0 radical (unpaired) electrons. The van der Waals surface area contributed by atoms with Crippen LogP contribution in [-0.4, -0.2) is 41.4 Å². The van der Waals surface area contributed by atoms with Crippen LogP contribution in [0.1, 0.15) is 12.0 Å². The summed E-state index contributed by atoms with van der Waals surface area (Å²) in [5.41, 5.74) is 1.76. The largest absolute Gasteiger partial charge is 0.486 e. The maximum atomic E-state index is 12.9. The van der Waals surface area contributed by atoms with Crippen molar-refractivity contribution in [1.82, 2.24) is 9.78 Å². The number of hydrogen-bond donors (Lipinski definition) is 1. The Hall–Kier alpha value is -3.33. The van der Waals surface area contributed by atoms with Gasteiger partial charge in [-0.2, -0.15) is 5.10 Å². The Balaban J connectivity index is 1.26. The normalized spacial score (nSPS) is 17.5. The maximum absolute atomic E-state index is 12.9. The second-order valence-corrected chi connectivity index (χ2v) is 8.64. The van der Waals surface area contributed by atoms with Crippen LogP contribution < -0.4 is 19.7 Å². The van der Waals surface area contributed by atoms with Crippen molar-refractivity contribution in [1.29, 1.82) is 0 Å². The van der Waals surface area contributed by atoms with E-state index in [-0.39, 0.29) is 18.2 Å². The number of hydrogen-bond acceptors (Lipinski definition) is 5. The van der Waals surface area contributed by atoms with Crippen molar-refractivity contribution in [2.75, 3.05) is 30.0 Å². The highest BCUT2D eigenvalue weighted by molar-refractivity contribution is 9.10. The first-order valence-electron chi connectivity index (χ1n) is 10.3. The highest BCUT2D eigenvalue weighted by atomic mass is 79.9. The number of carbonyl (C=O) groups excluding carboxylic acids is 2. The van der Waals surface area contributed by atoms with Crippen molar-refractivity contribution in [3.05, 3.63) is 64.8 Å². The number of aromatic nitrogens is 2. The molecule has 9 heteroatoms. The molecule has 0 spiro atoms. The zero-order valence-electron chi connectivity index (χ0n) is 17.2. The monoisotopic (exact) mass is 496 g/mol. The number of nitrogens with one attached hydrogen (secondary N) is 1. The standard InChI is InChI=1S/C23H21BrN4O4/c24-17-3-1-2-15(10-17)13-28-21(6-7-25-28)26-23(30)16-11-22(29)27(14-16)18-4-5-19-20(12-18)32-9-8-31-19/h1-7,10,12,16H,8-9,11,13-14H2,(H,26,30). The SMILES string of the molecule is O=C(Nc1ccnn1Cc1cccc(Br)c1)C1CC(=O)N(c2ccc3c(c2)OCCO3)C1. The molecule has 2 amide bonds. The molecule has 1 saturated heterocycles. The summed E-state index contributed by atoms with van der Waals surface area (Å²) in [4.78, 5) is 27.2. The number of nitrogens with zero attached hydrogens (tertiary/aromatic N) is 3. The van der Waals surface area contributed by atoms with Crippen LogP contribution in [-0.2, 0) is 16.1 Å². The van der Waals surface area contributed by atoms with Crippen molar-refractivity contribution < 1.29 is 19.1 Å². The Kier molecular flexibility index (Phi) is 5.57. The van der Waals surface area contributed by atoms with E-state index in [4.69, 9.17) is 9.47 Å². The van der Waals surface area contributed by atoms with E-state index in [0.29, 0.717) is 49.3 Å². The molecule has 0 aliphatic carbocycles. The zero-order chi connectivity index (χ0) is 22.1. The van der Waals surface area contributed by atoms with Crippen molar-refractivity contribution in [2.45, 2.75) is 13.0 Å². The third-order valence-corrected chi connectivity index (χ3v) is 6.02. The zero-order valence-corrected chi connectivity index (χ0v) is 18.7. The number of benzene rings is 2. The van der Waals surface area contributed by atoms with Gasteiger partial charge in [-0.25, -0.2) is 4.68 Å². The molecule has 3 aromatic rings. The summed E-state index contributed by atoms with van der Waals surface area (Å²) in [5, 5.41) is 7.26. The lowest BCUT2D eigenvalue weighted by Gasteiger charge is -2.22. The van der Waals surface area contributed by atoms with Crippen LogP contribution in [0.2, 0.25) is 0 Å². The summed E-state index contributed by atoms with van der Waals surface area (Å²) in [6, 6.07) is 15.1. The van der Waals surface area contributed by atoms with Crippen molar-refractivity contribution in [3.63, 3.8) is 0 Å². The molecule has 32 heavy (non-hydrogen) atoms. The van der Waals surface area contributed by atoms with E-state index in [0.717, 1.165) is 10.0 Å². The predicted molar refractivity (Wildman–Crippen MR) is 122 cm³/mol. The maximum Gasteiger partial charge on any atom is 0.230 e. The van der Waals surface area contributed by atoms with E-state index in [1.54, 1.807) is 34.0 Å². The number of ether oxygens (including phenoxy) is 2. The van der Waals surface area contributed by atoms with E-state index >= 15 is 0 Å². The summed E-state index contributed by atoms with van der Waals surface area (Å²) < 4.78 is 13.9. The van der Waals surface area contributed by atoms with E-state index < -0.39 is 5.92 Å². The molecular weight excluding hydrogens is 476 g/mol. The van der Waals surface area contributed by atoms with Gasteiger partial charge in [-0.05, 0) is 29.8 Å². The van der Waals surface area contributed by atoms with Crippen LogP contribution in [0.5, 0.6) is 11.5 Å². The molecule has 3 heterocycles. The first-order chi connectivity index (χ1) is 15.6. The highest BCUT2D eigenvalue weighted by Gasteiger charge is 2.36. The lowest BCUT2D eigenvalue weighted by Crippen LogP contribution is -2.29. The Morgan fingerprint density at radius 2 is 1.97 bits per heavy atom. The Labute approximate surface area is 193 Å². The molecule has 1 N–H and O–H groups in total. The van der Waals surface area contributed by atoms with Gasteiger partial charge in [-0.3, -0.25) is 9.59 Å². The number of rotatable bonds is 5. The molecule has 2 aliphatic rings. The van der Waals surface area contributed by atoms with Gasteiger partial charge in [0.05, 0.1) is 18.7 Å². The second kappa shape index (κ2) is 8.66. The summed E-state index contributed by atoms with van der Waals surface area (Å²) in [7, 11) is 0. The van der Waals surface area contributed by atoms with Crippen LogP contribution in [0.25, 0.3) is 0 Å². The Bertz CT molecular complexity index is 1180. The summed E-state index contributed by atoms with van der Waals surface area (Å²) in [6.07, 6.45) is 1.80. The minimum atomic E-state index is -0.454. The predicted octanol–water partition coefficient (Wildman–Crippen LogP) is 3.46. The molecule has 5 rings (SSSR count).